The predicted octanol–water partition coefficient (Wildman–Crippen LogP) is 3.69. The van der Waals surface area contributed by atoms with Gasteiger partial charge in [-0.05, 0) is 44.4 Å². The molecule has 1 aromatic rings. The van der Waals surface area contributed by atoms with Crippen LogP contribution in [0.15, 0.2) is 33.7 Å². The number of nitrogens with zero attached hydrogens (tertiary/aromatic N) is 1. The molecule has 0 radical (unpaired) electrons. The first kappa shape index (κ1) is 19.7. The number of benzene rings is 1. The lowest BCUT2D eigenvalue weighted by molar-refractivity contribution is 0.0243. The smallest absolute Gasteiger partial charge is 0.191 e. The van der Waals surface area contributed by atoms with Gasteiger partial charge in [-0.3, -0.25) is 0 Å². The van der Waals surface area contributed by atoms with Gasteiger partial charge in [-0.15, -0.1) is 24.0 Å². The van der Waals surface area contributed by atoms with E-state index in [1.807, 2.05) is 12.1 Å². The summed E-state index contributed by atoms with van der Waals surface area (Å²) < 4.78 is 6.88. The number of aliphatic imine (C=N–C) groups is 1. The van der Waals surface area contributed by atoms with E-state index in [9.17, 15) is 0 Å². The lowest BCUT2D eigenvalue weighted by atomic mass is 10.0. The molecule has 2 N–H and O–H groups in total. The van der Waals surface area contributed by atoms with Gasteiger partial charge in [0, 0.05) is 24.2 Å². The van der Waals surface area contributed by atoms with Gasteiger partial charge in [0.1, 0.15) is 0 Å². The van der Waals surface area contributed by atoms with Gasteiger partial charge in [-0.2, -0.15) is 0 Å². The fraction of sp³-hybridized carbons (Fsp3) is 0.562. The van der Waals surface area contributed by atoms with Crippen molar-refractivity contribution in [1.82, 2.24) is 10.6 Å². The molecule has 124 valence electrons. The highest BCUT2D eigenvalue weighted by Gasteiger charge is 2.29. The minimum Gasteiger partial charge on any atom is -0.373 e. The number of hydrogen-bond donors (Lipinski definition) is 2. The van der Waals surface area contributed by atoms with E-state index in [2.05, 4.69) is 57.5 Å². The normalized spacial score (nSPS) is 21.3. The van der Waals surface area contributed by atoms with Crippen LogP contribution in [-0.4, -0.2) is 31.3 Å². The van der Waals surface area contributed by atoms with Crippen molar-refractivity contribution in [2.24, 2.45) is 4.99 Å². The topological polar surface area (TPSA) is 45.7 Å². The second-order valence-corrected chi connectivity index (χ2v) is 6.49. The molecular formula is C16H25BrIN3O. The Morgan fingerprint density at radius 2 is 2.05 bits per heavy atom. The second-order valence-electron chi connectivity index (χ2n) is 5.58. The summed E-state index contributed by atoms with van der Waals surface area (Å²) >= 11 is 3.44. The Labute approximate surface area is 158 Å². The van der Waals surface area contributed by atoms with Crippen LogP contribution in [0, 0.1) is 0 Å². The van der Waals surface area contributed by atoms with Gasteiger partial charge in [0.05, 0.1) is 12.1 Å². The monoisotopic (exact) mass is 481 g/mol. The third kappa shape index (κ3) is 6.42. The molecule has 2 rings (SSSR count). The number of nitrogens with one attached hydrogen (secondary N) is 2. The van der Waals surface area contributed by atoms with E-state index < -0.39 is 0 Å². The third-order valence-electron chi connectivity index (χ3n) is 3.61. The minimum absolute atomic E-state index is 0. The van der Waals surface area contributed by atoms with Crippen LogP contribution in [0.4, 0.5) is 0 Å². The Morgan fingerprint density at radius 1 is 1.32 bits per heavy atom. The van der Waals surface area contributed by atoms with Crippen LogP contribution in [0.25, 0.3) is 0 Å². The summed E-state index contributed by atoms with van der Waals surface area (Å²) in [6, 6.07) is 8.24. The van der Waals surface area contributed by atoms with E-state index in [-0.39, 0.29) is 29.6 Å². The highest BCUT2D eigenvalue weighted by Crippen LogP contribution is 2.23. The molecule has 0 aromatic heterocycles. The Bertz CT molecular complexity index is 473. The second kappa shape index (κ2) is 9.72. The summed E-state index contributed by atoms with van der Waals surface area (Å²) in [5, 5.41) is 6.67. The van der Waals surface area contributed by atoms with Gasteiger partial charge in [0.2, 0.25) is 0 Å². The highest BCUT2D eigenvalue weighted by molar-refractivity contribution is 14.0. The molecular weight excluding hydrogens is 457 g/mol. The van der Waals surface area contributed by atoms with Gasteiger partial charge in [0.25, 0.3) is 0 Å². The SMILES string of the molecule is CCNC(=NCc1ccc(Br)cc1)NCC1(C)CCCO1.I. The summed E-state index contributed by atoms with van der Waals surface area (Å²) in [5.74, 6) is 0.845. The lowest BCUT2D eigenvalue weighted by Crippen LogP contribution is -2.45. The zero-order chi connectivity index (χ0) is 15.1. The van der Waals surface area contributed by atoms with Crippen LogP contribution < -0.4 is 10.6 Å². The van der Waals surface area contributed by atoms with Gasteiger partial charge in [0.15, 0.2) is 5.96 Å². The van der Waals surface area contributed by atoms with E-state index in [1.54, 1.807) is 0 Å². The van der Waals surface area contributed by atoms with Crippen LogP contribution in [0.1, 0.15) is 32.3 Å². The molecule has 1 atom stereocenters. The number of rotatable bonds is 5. The largest absolute Gasteiger partial charge is 0.373 e. The van der Waals surface area contributed by atoms with Crippen molar-refractivity contribution in [2.45, 2.75) is 38.8 Å². The fourth-order valence-electron chi connectivity index (χ4n) is 2.35. The van der Waals surface area contributed by atoms with Crippen molar-refractivity contribution in [1.29, 1.82) is 0 Å². The average molecular weight is 482 g/mol. The van der Waals surface area contributed by atoms with Crippen molar-refractivity contribution >= 4 is 45.9 Å². The molecule has 0 saturated carbocycles. The van der Waals surface area contributed by atoms with Crippen molar-refractivity contribution in [3.05, 3.63) is 34.3 Å². The summed E-state index contributed by atoms with van der Waals surface area (Å²) in [5.41, 5.74) is 1.13. The third-order valence-corrected chi connectivity index (χ3v) is 4.14. The predicted molar refractivity (Wildman–Crippen MR) is 106 cm³/mol. The molecule has 1 saturated heterocycles. The zero-order valence-electron chi connectivity index (χ0n) is 13.2. The van der Waals surface area contributed by atoms with Crippen LogP contribution in [0.2, 0.25) is 0 Å². The van der Waals surface area contributed by atoms with E-state index in [4.69, 9.17) is 4.74 Å². The average Bonchev–Trinajstić information content (AvgIpc) is 2.91. The van der Waals surface area contributed by atoms with E-state index in [0.29, 0.717) is 6.54 Å². The molecule has 0 spiro atoms. The fourth-order valence-corrected chi connectivity index (χ4v) is 2.61. The maximum Gasteiger partial charge on any atom is 0.191 e. The minimum atomic E-state index is -0.0617. The van der Waals surface area contributed by atoms with Crippen molar-refractivity contribution in [3.8, 4) is 0 Å². The first-order valence-electron chi connectivity index (χ1n) is 7.52. The first-order valence-corrected chi connectivity index (χ1v) is 8.31. The zero-order valence-corrected chi connectivity index (χ0v) is 17.1. The molecule has 1 aromatic carbocycles. The Hall–Kier alpha value is -0.340. The molecule has 6 heteroatoms. The number of ether oxygens (including phenoxy) is 1. The number of hydrogen-bond acceptors (Lipinski definition) is 2. The Kier molecular flexibility index (Phi) is 8.71. The van der Waals surface area contributed by atoms with E-state index in [0.717, 1.165) is 43.0 Å². The summed E-state index contributed by atoms with van der Waals surface area (Å²) in [7, 11) is 0. The van der Waals surface area contributed by atoms with E-state index >= 15 is 0 Å². The van der Waals surface area contributed by atoms with Crippen molar-refractivity contribution in [2.75, 3.05) is 19.7 Å². The molecule has 0 bridgehead atoms. The molecule has 1 aliphatic heterocycles. The molecule has 0 aliphatic carbocycles. The van der Waals surface area contributed by atoms with Crippen LogP contribution in [0.5, 0.6) is 0 Å². The van der Waals surface area contributed by atoms with E-state index in [1.165, 1.54) is 5.56 Å². The van der Waals surface area contributed by atoms with Crippen LogP contribution >= 0.6 is 39.9 Å². The van der Waals surface area contributed by atoms with Gasteiger partial charge < -0.3 is 15.4 Å². The first-order chi connectivity index (χ1) is 10.1. The molecule has 1 heterocycles. The van der Waals surface area contributed by atoms with Gasteiger partial charge >= 0.3 is 0 Å². The van der Waals surface area contributed by atoms with Crippen molar-refractivity contribution < 1.29 is 4.74 Å². The standard InChI is InChI=1S/C16H24BrN3O.HI/c1-3-18-15(20-12-16(2)9-4-10-21-16)19-11-13-5-7-14(17)8-6-13;/h5-8H,3-4,9-12H2,1-2H3,(H2,18,19,20);1H. The lowest BCUT2D eigenvalue weighted by Gasteiger charge is -2.24. The van der Waals surface area contributed by atoms with Crippen LogP contribution in [-0.2, 0) is 11.3 Å². The Balaban J connectivity index is 0.00000242. The molecule has 4 nitrogen and oxygen atoms in total. The van der Waals surface area contributed by atoms with Gasteiger partial charge in [-0.25, -0.2) is 4.99 Å². The maximum absolute atomic E-state index is 5.79. The highest BCUT2D eigenvalue weighted by atomic mass is 127. The van der Waals surface area contributed by atoms with Gasteiger partial charge in [-0.1, -0.05) is 28.1 Å². The van der Waals surface area contributed by atoms with Crippen molar-refractivity contribution in [3.63, 3.8) is 0 Å². The summed E-state index contributed by atoms with van der Waals surface area (Å²) in [4.78, 5) is 4.63. The number of guanidine groups is 1. The molecule has 22 heavy (non-hydrogen) atoms. The summed E-state index contributed by atoms with van der Waals surface area (Å²) in [6.07, 6.45) is 2.25. The summed E-state index contributed by atoms with van der Waals surface area (Å²) in [6.45, 7) is 7.41. The molecule has 1 aliphatic rings. The molecule has 1 fully saturated rings. The molecule has 0 amide bonds. The van der Waals surface area contributed by atoms with Crippen LogP contribution in [0.3, 0.4) is 0 Å². The number of halogens is 2. The maximum atomic E-state index is 5.79. The quantitative estimate of drug-likeness (QED) is 0.383. The molecule has 1 unspecified atom stereocenters. The Morgan fingerprint density at radius 3 is 2.64 bits per heavy atom.